The van der Waals surface area contributed by atoms with Crippen molar-refractivity contribution in [3.8, 4) is 0 Å². The van der Waals surface area contributed by atoms with Crippen molar-refractivity contribution in [3.05, 3.63) is 77.4 Å². The summed E-state index contributed by atoms with van der Waals surface area (Å²) in [6.07, 6.45) is 2.11. The van der Waals surface area contributed by atoms with E-state index in [9.17, 15) is 4.79 Å². The average molecular weight is 310 g/mol. The van der Waals surface area contributed by atoms with Crippen LogP contribution in [0.15, 0.2) is 66.2 Å². The fraction of sp³-hybridized carbons (Fsp3) is 0.211. The Bertz CT molecular complexity index is 660. The van der Waals surface area contributed by atoms with E-state index in [1.807, 2.05) is 54.6 Å². The summed E-state index contributed by atoms with van der Waals surface area (Å²) < 4.78 is 0. The monoisotopic (exact) mass is 310 g/mol. The number of benzene rings is 2. The first kappa shape index (κ1) is 16.8. The van der Waals surface area contributed by atoms with E-state index in [1.165, 1.54) is 5.57 Å². The minimum atomic E-state index is -0.534. The summed E-state index contributed by atoms with van der Waals surface area (Å²) in [5.41, 5.74) is 5.68. The summed E-state index contributed by atoms with van der Waals surface area (Å²) >= 11 is 0. The first-order chi connectivity index (χ1) is 11.1. The Morgan fingerprint density at radius 1 is 1.04 bits per heavy atom. The van der Waals surface area contributed by atoms with E-state index in [2.05, 4.69) is 25.2 Å². The molecule has 1 atom stereocenters. The number of amides is 1. The van der Waals surface area contributed by atoms with Crippen LogP contribution >= 0.6 is 0 Å². The summed E-state index contributed by atoms with van der Waals surface area (Å²) in [7, 11) is 0. The second-order valence-corrected chi connectivity index (χ2v) is 5.60. The molecule has 23 heavy (non-hydrogen) atoms. The van der Waals surface area contributed by atoms with Crippen LogP contribution in [0.4, 0.5) is 5.69 Å². The smallest absolute Gasteiger partial charge is 0.255 e. The van der Waals surface area contributed by atoms with Crippen molar-refractivity contribution in [3.63, 3.8) is 0 Å². The molecular weight excluding hydrogens is 288 g/mol. The van der Waals surface area contributed by atoms with Crippen molar-refractivity contribution in [1.82, 2.24) is 5.48 Å². The standard InChI is InChI=1S/C19H22N2O2/c1-14(2)12-13-20-17-10-8-16(9-11-17)18(19(22)21-23)15-6-4-3-5-7-15/h3-12,18,20,23H,13H2,1-2H3,(H,21,22). The van der Waals surface area contributed by atoms with Gasteiger partial charge in [0, 0.05) is 12.2 Å². The molecule has 0 spiro atoms. The molecule has 2 rings (SSSR count). The number of carbonyl (C=O) groups is 1. The molecule has 0 fully saturated rings. The Balaban J connectivity index is 2.20. The third-order valence-corrected chi connectivity index (χ3v) is 3.57. The van der Waals surface area contributed by atoms with Crippen molar-refractivity contribution in [2.45, 2.75) is 19.8 Å². The van der Waals surface area contributed by atoms with Crippen molar-refractivity contribution in [2.75, 3.05) is 11.9 Å². The third kappa shape index (κ3) is 4.69. The zero-order valence-corrected chi connectivity index (χ0v) is 13.4. The number of hydroxylamine groups is 1. The minimum absolute atomic E-state index is 0.443. The van der Waals surface area contributed by atoms with Gasteiger partial charge in [0.05, 0.1) is 5.92 Å². The molecule has 1 unspecified atom stereocenters. The van der Waals surface area contributed by atoms with Crippen LogP contribution in [-0.2, 0) is 4.79 Å². The molecule has 4 heteroatoms. The van der Waals surface area contributed by atoms with Gasteiger partial charge in [-0.25, -0.2) is 5.48 Å². The van der Waals surface area contributed by atoms with Crippen LogP contribution in [0.5, 0.6) is 0 Å². The molecule has 0 saturated heterocycles. The minimum Gasteiger partial charge on any atom is -0.382 e. The average Bonchev–Trinajstić information content (AvgIpc) is 2.57. The van der Waals surface area contributed by atoms with Gasteiger partial charge >= 0.3 is 0 Å². The second kappa shape index (κ2) is 8.15. The quantitative estimate of drug-likeness (QED) is 0.433. The molecule has 120 valence electrons. The van der Waals surface area contributed by atoms with Crippen LogP contribution in [0, 0.1) is 0 Å². The largest absolute Gasteiger partial charge is 0.382 e. The van der Waals surface area contributed by atoms with Gasteiger partial charge in [-0.1, -0.05) is 54.1 Å². The lowest BCUT2D eigenvalue weighted by Gasteiger charge is -2.16. The molecule has 0 saturated carbocycles. The lowest BCUT2D eigenvalue weighted by Crippen LogP contribution is -2.27. The lowest BCUT2D eigenvalue weighted by molar-refractivity contribution is -0.129. The van der Waals surface area contributed by atoms with Crippen molar-refractivity contribution < 1.29 is 10.0 Å². The van der Waals surface area contributed by atoms with Crippen molar-refractivity contribution >= 4 is 11.6 Å². The molecule has 0 aliphatic heterocycles. The molecular formula is C19H22N2O2. The first-order valence-electron chi connectivity index (χ1n) is 7.58. The number of hydrogen-bond acceptors (Lipinski definition) is 3. The van der Waals surface area contributed by atoms with Gasteiger partial charge in [0.2, 0.25) is 0 Å². The summed E-state index contributed by atoms with van der Waals surface area (Å²) in [6, 6.07) is 17.1. The summed E-state index contributed by atoms with van der Waals surface area (Å²) in [6.45, 7) is 4.88. The molecule has 0 heterocycles. The number of allylic oxidation sites excluding steroid dienone is 1. The van der Waals surface area contributed by atoms with Gasteiger partial charge in [-0.05, 0) is 37.1 Å². The molecule has 1 amide bonds. The number of rotatable bonds is 6. The van der Waals surface area contributed by atoms with Gasteiger partial charge in [0.1, 0.15) is 0 Å². The van der Waals surface area contributed by atoms with Crippen molar-refractivity contribution in [1.29, 1.82) is 0 Å². The van der Waals surface area contributed by atoms with E-state index in [0.29, 0.717) is 0 Å². The third-order valence-electron chi connectivity index (χ3n) is 3.57. The van der Waals surface area contributed by atoms with Crippen LogP contribution < -0.4 is 10.8 Å². The summed E-state index contributed by atoms with van der Waals surface area (Å²) in [5.74, 6) is -0.977. The predicted molar refractivity (Wildman–Crippen MR) is 92.6 cm³/mol. The normalized spacial score (nSPS) is 11.4. The van der Waals surface area contributed by atoms with E-state index in [-0.39, 0.29) is 0 Å². The number of hydrogen-bond donors (Lipinski definition) is 3. The SMILES string of the molecule is CC(C)=CCNc1ccc(C(C(=O)NO)c2ccccc2)cc1. The lowest BCUT2D eigenvalue weighted by atomic mass is 9.90. The number of nitrogens with one attached hydrogen (secondary N) is 2. The maximum atomic E-state index is 12.1. The van der Waals surface area contributed by atoms with Crippen LogP contribution in [0.2, 0.25) is 0 Å². The Labute approximate surface area is 136 Å². The molecule has 0 aliphatic carbocycles. The van der Waals surface area contributed by atoms with E-state index >= 15 is 0 Å². The van der Waals surface area contributed by atoms with E-state index in [0.717, 1.165) is 23.4 Å². The topological polar surface area (TPSA) is 61.4 Å². The number of carbonyl (C=O) groups excluding carboxylic acids is 1. The van der Waals surface area contributed by atoms with Gasteiger partial charge < -0.3 is 5.32 Å². The van der Waals surface area contributed by atoms with Gasteiger partial charge in [-0.15, -0.1) is 0 Å². The van der Waals surface area contributed by atoms with Crippen LogP contribution in [0.1, 0.15) is 30.9 Å². The van der Waals surface area contributed by atoms with E-state index in [1.54, 1.807) is 5.48 Å². The van der Waals surface area contributed by atoms with E-state index < -0.39 is 11.8 Å². The number of anilines is 1. The van der Waals surface area contributed by atoms with Gasteiger partial charge in [0.25, 0.3) is 5.91 Å². The highest BCUT2D eigenvalue weighted by molar-refractivity contribution is 5.86. The van der Waals surface area contributed by atoms with Gasteiger partial charge in [-0.3, -0.25) is 10.0 Å². The predicted octanol–water partition coefficient (Wildman–Crippen LogP) is 3.70. The maximum Gasteiger partial charge on any atom is 0.255 e. The molecule has 0 radical (unpaired) electrons. The van der Waals surface area contributed by atoms with Crippen LogP contribution in [-0.4, -0.2) is 17.7 Å². The van der Waals surface area contributed by atoms with Crippen molar-refractivity contribution in [2.24, 2.45) is 0 Å². The molecule has 0 aliphatic rings. The first-order valence-corrected chi connectivity index (χ1v) is 7.58. The van der Waals surface area contributed by atoms with E-state index in [4.69, 9.17) is 5.21 Å². The Hall–Kier alpha value is -2.59. The Morgan fingerprint density at radius 3 is 2.22 bits per heavy atom. The van der Waals surface area contributed by atoms with Gasteiger partial charge in [-0.2, -0.15) is 0 Å². The van der Waals surface area contributed by atoms with Crippen LogP contribution in [0.25, 0.3) is 0 Å². The zero-order chi connectivity index (χ0) is 16.7. The fourth-order valence-electron chi connectivity index (χ4n) is 2.37. The molecule has 2 aromatic rings. The zero-order valence-electron chi connectivity index (χ0n) is 13.4. The van der Waals surface area contributed by atoms with Gasteiger partial charge in [0.15, 0.2) is 0 Å². The second-order valence-electron chi connectivity index (χ2n) is 5.60. The molecule has 2 aromatic carbocycles. The molecule has 4 nitrogen and oxygen atoms in total. The fourth-order valence-corrected chi connectivity index (χ4v) is 2.37. The molecule has 3 N–H and O–H groups in total. The summed E-state index contributed by atoms with van der Waals surface area (Å²) in [5, 5.41) is 12.3. The highest BCUT2D eigenvalue weighted by atomic mass is 16.5. The van der Waals surface area contributed by atoms with Crippen LogP contribution in [0.3, 0.4) is 0 Å². The Kier molecular flexibility index (Phi) is 5.94. The highest BCUT2D eigenvalue weighted by Gasteiger charge is 2.22. The molecule has 0 bridgehead atoms. The summed E-state index contributed by atoms with van der Waals surface area (Å²) in [4.78, 5) is 12.1. The Morgan fingerprint density at radius 2 is 1.65 bits per heavy atom. The molecule has 0 aromatic heterocycles. The highest BCUT2D eigenvalue weighted by Crippen LogP contribution is 2.26. The maximum absolute atomic E-state index is 12.1.